The molecule has 0 atom stereocenters. The number of anilines is 1. The molecule has 0 radical (unpaired) electrons. The van der Waals surface area contributed by atoms with Gasteiger partial charge >= 0.3 is 0 Å². The average molecular weight is 482 g/mol. The number of carbonyl (C=O) groups is 1. The maximum absolute atomic E-state index is 13.6. The summed E-state index contributed by atoms with van der Waals surface area (Å²) < 4.78 is 2.34. The first kappa shape index (κ1) is 22.7. The third-order valence-corrected chi connectivity index (χ3v) is 8.60. The third-order valence-electron chi connectivity index (χ3n) is 7.27. The molecule has 3 aliphatic rings. The second kappa shape index (κ2) is 9.63. The van der Waals surface area contributed by atoms with Crippen molar-refractivity contribution in [2.75, 3.05) is 18.0 Å². The highest BCUT2D eigenvalue weighted by molar-refractivity contribution is 8.26. The molecule has 174 valence electrons. The van der Waals surface area contributed by atoms with Gasteiger partial charge in [-0.05, 0) is 37.8 Å². The number of amides is 1. The molecular weight excluding hydrogens is 450 g/mol. The van der Waals surface area contributed by atoms with Gasteiger partial charge in [-0.1, -0.05) is 74.3 Å². The van der Waals surface area contributed by atoms with Crippen molar-refractivity contribution in [2.24, 2.45) is 7.05 Å². The van der Waals surface area contributed by atoms with Gasteiger partial charge in [0.1, 0.15) is 4.32 Å². The van der Waals surface area contributed by atoms with E-state index in [2.05, 4.69) is 11.0 Å². The Morgan fingerprint density at radius 3 is 2.36 bits per heavy atom. The molecule has 2 aromatic rings. The fourth-order valence-corrected chi connectivity index (χ4v) is 6.92. The van der Waals surface area contributed by atoms with Crippen LogP contribution in [0.2, 0.25) is 0 Å². The molecule has 0 N–H and O–H groups in total. The molecule has 2 aliphatic heterocycles. The lowest BCUT2D eigenvalue weighted by Crippen LogP contribution is -2.39. The molecule has 33 heavy (non-hydrogen) atoms. The zero-order chi connectivity index (χ0) is 22.9. The lowest BCUT2D eigenvalue weighted by molar-refractivity contribution is -0.124. The predicted molar refractivity (Wildman–Crippen MR) is 142 cm³/mol. The highest BCUT2D eigenvalue weighted by Gasteiger charge is 2.38. The number of thioether (sulfide) groups is 1. The smallest absolute Gasteiger partial charge is 0.266 e. The van der Waals surface area contributed by atoms with Gasteiger partial charge in [0.05, 0.1) is 21.7 Å². The molecule has 7 heteroatoms. The molecule has 1 aromatic carbocycles. The summed E-state index contributed by atoms with van der Waals surface area (Å²) in [6, 6.07) is 8.30. The van der Waals surface area contributed by atoms with E-state index in [1.165, 1.54) is 31.0 Å². The van der Waals surface area contributed by atoms with Gasteiger partial charge in [-0.25, -0.2) is 0 Å². The number of hydrogen-bond donors (Lipinski definition) is 0. The Kier molecular flexibility index (Phi) is 6.61. The third kappa shape index (κ3) is 4.26. The van der Waals surface area contributed by atoms with Crippen molar-refractivity contribution >= 4 is 56.9 Å². The lowest BCUT2D eigenvalue weighted by atomic mass is 9.94. The molecule has 1 amide bonds. The van der Waals surface area contributed by atoms with E-state index in [4.69, 9.17) is 12.2 Å². The highest BCUT2D eigenvalue weighted by Crippen LogP contribution is 2.39. The average Bonchev–Trinajstić information content (AvgIpc) is 3.00. The Bertz CT molecular complexity index is 1170. The van der Waals surface area contributed by atoms with E-state index in [9.17, 15) is 9.59 Å². The molecule has 1 aliphatic carbocycles. The van der Waals surface area contributed by atoms with Gasteiger partial charge in [-0.15, -0.1) is 0 Å². The first-order chi connectivity index (χ1) is 16.1. The van der Waals surface area contributed by atoms with Crippen molar-refractivity contribution in [3.63, 3.8) is 0 Å². The molecule has 1 saturated carbocycles. The van der Waals surface area contributed by atoms with E-state index in [0.717, 1.165) is 68.2 Å². The van der Waals surface area contributed by atoms with Crippen molar-refractivity contribution in [3.8, 4) is 0 Å². The molecular formula is C26H31N3O2S2. The van der Waals surface area contributed by atoms with Crippen LogP contribution < -0.4 is 10.5 Å². The van der Waals surface area contributed by atoms with E-state index in [1.54, 1.807) is 4.57 Å². The Morgan fingerprint density at radius 2 is 1.64 bits per heavy atom. The number of benzene rings is 1. The number of thiocarbonyl (C=S) groups is 1. The molecule has 1 aromatic heterocycles. The number of rotatable bonds is 3. The van der Waals surface area contributed by atoms with E-state index >= 15 is 0 Å². The minimum Gasteiger partial charge on any atom is -0.370 e. The summed E-state index contributed by atoms with van der Waals surface area (Å²) in [5.74, 6) is -0.0334. The largest absolute Gasteiger partial charge is 0.370 e. The van der Waals surface area contributed by atoms with Gasteiger partial charge in [0.25, 0.3) is 11.5 Å². The van der Waals surface area contributed by atoms with E-state index in [0.29, 0.717) is 14.8 Å². The van der Waals surface area contributed by atoms with Gasteiger partial charge in [-0.3, -0.25) is 14.5 Å². The molecule has 3 heterocycles. The number of nitrogens with zero attached hydrogens (tertiary/aromatic N) is 3. The first-order valence-corrected chi connectivity index (χ1v) is 13.4. The number of pyridine rings is 1. The second-order valence-corrected chi connectivity index (χ2v) is 11.1. The molecule has 2 saturated heterocycles. The van der Waals surface area contributed by atoms with Gasteiger partial charge in [-0.2, -0.15) is 0 Å². The Morgan fingerprint density at radius 1 is 0.970 bits per heavy atom. The monoisotopic (exact) mass is 481 g/mol. The SMILES string of the molecule is Cn1c(=O)c(C=C2SC(=S)N(C3CCCCC3)C2=O)c(N2CCCCCC2)c2ccccc21. The minimum atomic E-state index is -0.0594. The van der Waals surface area contributed by atoms with Gasteiger partial charge in [0, 0.05) is 31.6 Å². The number of aromatic nitrogens is 1. The summed E-state index contributed by atoms with van der Waals surface area (Å²) >= 11 is 6.99. The molecule has 3 fully saturated rings. The van der Waals surface area contributed by atoms with Crippen molar-refractivity contribution in [1.82, 2.24) is 9.47 Å². The number of hydrogen-bond acceptors (Lipinski definition) is 5. The normalized spacial score (nSPS) is 21.9. The fraction of sp³-hybridized carbons (Fsp3) is 0.500. The van der Waals surface area contributed by atoms with Gasteiger partial charge in [0.15, 0.2) is 0 Å². The van der Waals surface area contributed by atoms with Crippen LogP contribution in [0, 0.1) is 0 Å². The van der Waals surface area contributed by atoms with Crippen LogP contribution in [-0.2, 0) is 11.8 Å². The van der Waals surface area contributed by atoms with Crippen LogP contribution in [0.4, 0.5) is 5.69 Å². The predicted octanol–water partition coefficient (Wildman–Crippen LogP) is 5.45. The summed E-state index contributed by atoms with van der Waals surface area (Å²) in [5.41, 5.74) is 2.45. The van der Waals surface area contributed by atoms with Crippen molar-refractivity contribution in [2.45, 2.75) is 63.8 Å². The molecule has 5 rings (SSSR count). The first-order valence-electron chi connectivity index (χ1n) is 12.2. The van der Waals surface area contributed by atoms with Crippen LogP contribution in [0.1, 0.15) is 63.4 Å². The van der Waals surface area contributed by atoms with Crippen LogP contribution in [0.25, 0.3) is 17.0 Å². The Hall–Kier alpha value is -2.12. The van der Waals surface area contributed by atoms with Crippen molar-refractivity contribution < 1.29 is 4.79 Å². The number of para-hydroxylation sites is 1. The van der Waals surface area contributed by atoms with E-state index in [-0.39, 0.29) is 17.5 Å². The maximum atomic E-state index is 13.6. The molecule has 0 spiro atoms. The van der Waals surface area contributed by atoms with E-state index in [1.807, 2.05) is 36.2 Å². The maximum Gasteiger partial charge on any atom is 0.266 e. The standard InChI is InChI=1S/C26H31N3O2S2/c1-27-21-14-8-7-13-19(21)23(28-15-9-2-3-10-16-28)20(24(27)30)17-22-25(31)29(26(32)33-22)18-11-5-4-6-12-18/h7-8,13-14,17-18H,2-6,9-12,15-16H2,1H3. The molecule has 5 nitrogen and oxygen atoms in total. The van der Waals surface area contributed by atoms with Crippen LogP contribution in [-0.4, -0.2) is 38.8 Å². The minimum absolute atomic E-state index is 0.0334. The quantitative estimate of drug-likeness (QED) is 0.431. The summed E-state index contributed by atoms with van der Waals surface area (Å²) in [5, 5.41) is 1.07. The van der Waals surface area contributed by atoms with Crippen molar-refractivity contribution in [1.29, 1.82) is 0 Å². The zero-order valence-electron chi connectivity index (χ0n) is 19.2. The summed E-state index contributed by atoms with van der Waals surface area (Å²) in [7, 11) is 1.82. The van der Waals surface area contributed by atoms with Crippen molar-refractivity contribution in [3.05, 3.63) is 45.1 Å². The van der Waals surface area contributed by atoms with Gasteiger partial charge < -0.3 is 9.47 Å². The topological polar surface area (TPSA) is 45.6 Å². The number of carbonyl (C=O) groups excluding carboxylic acids is 1. The van der Waals surface area contributed by atoms with E-state index < -0.39 is 0 Å². The van der Waals surface area contributed by atoms with Crippen LogP contribution in [0.5, 0.6) is 0 Å². The highest BCUT2D eigenvalue weighted by atomic mass is 32.2. The number of fused-ring (bicyclic) bond motifs is 1. The number of aryl methyl sites for hydroxylation is 1. The van der Waals surface area contributed by atoms with Crippen LogP contribution in [0.15, 0.2) is 34.0 Å². The molecule has 0 unspecified atom stereocenters. The van der Waals surface area contributed by atoms with Crippen LogP contribution >= 0.6 is 24.0 Å². The van der Waals surface area contributed by atoms with Crippen LogP contribution in [0.3, 0.4) is 0 Å². The lowest BCUT2D eigenvalue weighted by Gasteiger charge is -2.30. The fourth-order valence-electron chi connectivity index (χ4n) is 5.53. The summed E-state index contributed by atoms with van der Waals surface area (Å²) in [6.45, 7) is 1.86. The Balaban J connectivity index is 1.63. The molecule has 0 bridgehead atoms. The second-order valence-electron chi connectivity index (χ2n) is 9.39. The summed E-state index contributed by atoms with van der Waals surface area (Å²) in [6.07, 6.45) is 12.0. The Labute approximate surface area is 204 Å². The summed E-state index contributed by atoms with van der Waals surface area (Å²) in [4.78, 5) is 31.8. The van der Waals surface area contributed by atoms with Gasteiger partial charge in [0.2, 0.25) is 0 Å². The zero-order valence-corrected chi connectivity index (χ0v) is 20.8.